The highest BCUT2D eigenvalue weighted by atomic mass is 16.6. The second-order valence-corrected chi connectivity index (χ2v) is 4.01. The number of hydrogen-bond acceptors (Lipinski definition) is 3. The molecule has 12 heavy (non-hydrogen) atoms. The van der Waals surface area contributed by atoms with Gasteiger partial charge in [0.05, 0.1) is 0 Å². The highest BCUT2D eigenvalue weighted by molar-refractivity contribution is 5.87. The Labute approximate surface area is 71.1 Å². The predicted molar refractivity (Wildman–Crippen MR) is 42.2 cm³/mol. The van der Waals surface area contributed by atoms with Gasteiger partial charge in [-0.25, -0.2) is 0 Å². The molecule has 0 bridgehead atoms. The van der Waals surface area contributed by atoms with Crippen molar-refractivity contribution in [1.82, 2.24) is 10.1 Å². The van der Waals surface area contributed by atoms with Gasteiger partial charge >= 0.3 is 0 Å². The van der Waals surface area contributed by atoms with Crippen LogP contribution in [0.25, 0.3) is 0 Å². The zero-order chi connectivity index (χ0) is 9.73. The standard InChI is InChI=1S/C7H14N2O3/c1-6(2)5(10)8(11)7(3,4)9(6)12/h11-12H,1-4H3/p+1. The summed E-state index contributed by atoms with van der Waals surface area (Å²) >= 11 is 0. The van der Waals surface area contributed by atoms with Gasteiger partial charge in [-0.2, -0.15) is 5.06 Å². The molecular formula is C7H15N2O3+. The van der Waals surface area contributed by atoms with Crippen LogP contribution in [0.2, 0.25) is 0 Å². The average Bonchev–Trinajstić information content (AvgIpc) is 2.06. The fraction of sp³-hybridized carbons (Fsp3) is 0.857. The number of amides is 1. The third kappa shape index (κ3) is 0.872. The molecule has 1 aliphatic heterocycles. The number of rotatable bonds is 0. The quantitative estimate of drug-likeness (QED) is 0.405. The molecule has 1 fully saturated rings. The third-order valence-corrected chi connectivity index (χ3v) is 2.34. The van der Waals surface area contributed by atoms with Crippen LogP contribution >= 0.6 is 0 Å². The molecule has 0 aromatic rings. The summed E-state index contributed by atoms with van der Waals surface area (Å²) in [5.41, 5.74) is -1.89. The minimum Gasteiger partial charge on any atom is -0.336 e. The van der Waals surface area contributed by atoms with Crippen molar-refractivity contribution < 1.29 is 15.2 Å². The largest absolute Gasteiger partial charge is 0.336 e. The maximum Gasteiger partial charge on any atom is 0.275 e. The van der Waals surface area contributed by atoms with Crippen LogP contribution in [0.15, 0.2) is 0 Å². The number of hydroxylamine groups is 4. The highest BCUT2D eigenvalue weighted by Crippen LogP contribution is 2.34. The van der Waals surface area contributed by atoms with Crippen molar-refractivity contribution in [3.63, 3.8) is 0 Å². The summed E-state index contributed by atoms with van der Waals surface area (Å²) in [6, 6.07) is 0. The summed E-state index contributed by atoms with van der Waals surface area (Å²) in [7, 11) is 0. The van der Waals surface area contributed by atoms with E-state index in [1.54, 1.807) is 27.7 Å². The van der Waals surface area contributed by atoms with Gasteiger partial charge in [0.1, 0.15) is 0 Å². The van der Waals surface area contributed by atoms with E-state index in [0.717, 1.165) is 5.06 Å². The highest BCUT2D eigenvalue weighted by Gasteiger charge is 2.60. The lowest BCUT2D eigenvalue weighted by Gasteiger charge is -2.27. The van der Waals surface area contributed by atoms with E-state index in [-0.39, 0.29) is 0 Å². The van der Waals surface area contributed by atoms with Crippen molar-refractivity contribution in [2.45, 2.75) is 38.9 Å². The Bertz CT molecular complexity index is 225. The number of carbonyl (C=O) groups excluding carboxylic acids is 1. The summed E-state index contributed by atoms with van der Waals surface area (Å²) < 4.78 is 0. The number of nitrogens with zero attached hydrogens (tertiary/aromatic N) is 2. The third-order valence-electron chi connectivity index (χ3n) is 2.34. The molecule has 1 amide bonds. The van der Waals surface area contributed by atoms with Crippen LogP contribution in [-0.4, -0.2) is 37.6 Å². The predicted octanol–water partition coefficient (Wildman–Crippen LogP) is -0.326. The summed E-state index contributed by atoms with van der Waals surface area (Å²) in [4.78, 5) is 11.4. The van der Waals surface area contributed by atoms with E-state index < -0.39 is 17.1 Å². The Morgan fingerprint density at radius 3 is 1.83 bits per heavy atom. The lowest BCUT2D eigenvalue weighted by Crippen LogP contribution is -2.49. The first-order valence-electron chi connectivity index (χ1n) is 3.77. The summed E-state index contributed by atoms with van der Waals surface area (Å²) in [6.07, 6.45) is 0. The van der Waals surface area contributed by atoms with Crippen LogP contribution in [0, 0.1) is 0 Å². The first kappa shape index (κ1) is 9.44. The monoisotopic (exact) mass is 175 g/mol. The van der Waals surface area contributed by atoms with Crippen LogP contribution in [0.1, 0.15) is 27.7 Å². The SMILES string of the molecule is CC1(C)C(=O)N(O)C(C)(C)N1[OH2+]. The second-order valence-electron chi connectivity index (χ2n) is 4.01. The van der Waals surface area contributed by atoms with Crippen molar-refractivity contribution in [2.24, 2.45) is 0 Å². The average molecular weight is 175 g/mol. The van der Waals surface area contributed by atoms with Crippen molar-refractivity contribution in [3.05, 3.63) is 0 Å². The van der Waals surface area contributed by atoms with Gasteiger partial charge in [-0.3, -0.25) is 10.0 Å². The molecule has 5 heteroatoms. The van der Waals surface area contributed by atoms with Crippen LogP contribution in [0.5, 0.6) is 0 Å². The van der Waals surface area contributed by atoms with Gasteiger partial charge in [-0.05, 0) is 32.8 Å². The van der Waals surface area contributed by atoms with Crippen LogP contribution in [0.3, 0.4) is 0 Å². The van der Waals surface area contributed by atoms with Crippen molar-refractivity contribution >= 4 is 5.91 Å². The van der Waals surface area contributed by atoms with Gasteiger partial charge in [0, 0.05) is 0 Å². The summed E-state index contributed by atoms with van der Waals surface area (Å²) in [6.45, 7) is 6.46. The number of carbonyl (C=O) groups is 1. The molecule has 0 radical (unpaired) electrons. The Kier molecular flexibility index (Phi) is 1.72. The topological polar surface area (TPSA) is 66.7 Å². The molecule has 0 aromatic heterocycles. The first-order chi connectivity index (χ1) is 5.22. The van der Waals surface area contributed by atoms with Gasteiger partial charge in [0.15, 0.2) is 11.2 Å². The smallest absolute Gasteiger partial charge is 0.275 e. The molecule has 0 unspecified atom stereocenters. The fourth-order valence-electron chi connectivity index (χ4n) is 1.38. The first-order valence-corrected chi connectivity index (χ1v) is 3.77. The maximum absolute atomic E-state index is 11.4. The van der Waals surface area contributed by atoms with Gasteiger partial charge in [-0.1, -0.05) is 0 Å². The van der Waals surface area contributed by atoms with Gasteiger partial charge < -0.3 is 5.21 Å². The maximum atomic E-state index is 11.4. The van der Waals surface area contributed by atoms with Gasteiger partial charge in [-0.15, -0.1) is 0 Å². The van der Waals surface area contributed by atoms with Crippen molar-refractivity contribution in [2.75, 3.05) is 0 Å². The molecule has 1 aliphatic rings. The van der Waals surface area contributed by atoms with E-state index in [0.29, 0.717) is 5.06 Å². The van der Waals surface area contributed by atoms with Crippen LogP contribution in [0.4, 0.5) is 0 Å². The van der Waals surface area contributed by atoms with E-state index >= 15 is 0 Å². The fourth-order valence-corrected chi connectivity index (χ4v) is 1.38. The van der Waals surface area contributed by atoms with Crippen molar-refractivity contribution in [1.29, 1.82) is 0 Å². The molecule has 3 N–H and O–H groups in total. The number of hydrogen-bond donors (Lipinski definition) is 1. The zero-order valence-corrected chi connectivity index (χ0v) is 7.75. The Morgan fingerprint density at radius 1 is 1.33 bits per heavy atom. The van der Waals surface area contributed by atoms with Gasteiger partial charge in [0.2, 0.25) is 0 Å². The molecule has 70 valence electrons. The van der Waals surface area contributed by atoms with Crippen LogP contribution in [-0.2, 0) is 4.79 Å². The molecule has 0 saturated carbocycles. The van der Waals surface area contributed by atoms with E-state index in [2.05, 4.69) is 0 Å². The molecule has 0 aliphatic carbocycles. The summed E-state index contributed by atoms with van der Waals surface area (Å²) in [5.74, 6) is -0.442. The molecule has 5 nitrogen and oxygen atoms in total. The van der Waals surface area contributed by atoms with Gasteiger partial charge in [0.25, 0.3) is 5.91 Å². The Balaban J connectivity index is 3.12. The van der Waals surface area contributed by atoms with E-state index in [4.69, 9.17) is 5.21 Å². The molecule has 1 saturated heterocycles. The van der Waals surface area contributed by atoms with E-state index in [9.17, 15) is 10.0 Å². The summed E-state index contributed by atoms with van der Waals surface area (Å²) in [5, 5.41) is 18.7. The Hall–Kier alpha value is -0.650. The second kappa shape index (κ2) is 2.18. The lowest BCUT2D eigenvalue weighted by atomic mass is 10.1. The minimum absolute atomic E-state index is 0.442. The van der Waals surface area contributed by atoms with E-state index in [1.165, 1.54) is 0 Å². The normalized spacial score (nSPS) is 28.2. The molecule has 0 aromatic carbocycles. The lowest BCUT2D eigenvalue weighted by molar-refractivity contribution is -0.256. The Morgan fingerprint density at radius 2 is 1.75 bits per heavy atom. The molecule has 0 atom stereocenters. The zero-order valence-electron chi connectivity index (χ0n) is 7.75. The molecule has 0 spiro atoms. The minimum atomic E-state index is -0.946. The van der Waals surface area contributed by atoms with Crippen molar-refractivity contribution in [3.8, 4) is 0 Å². The molecule has 1 heterocycles. The molecular weight excluding hydrogens is 160 g/mol. The molecule has 1 rings (SSSR count). The van der Waals surface area contributed by atoms with Crippen LogP contribution < -0.4 is 0 Å². The van der Waals surface area contributed by atoms with E-state index in [1.807, 2.05) is 0 Å².